The van der Waals surface area contributed by atoms with Crippen molar-refractivity contribution < 1.29 is 53.7 Å². The van der Waals surface area contributed by atoms with Crippen LogP contribution in [0.1, 0.15) is 73.8 Å². The number of aliphatic hydroxyl groups is 4. The second-order valence-electron chi connectivity index (χ2n) is 19.0. The number of phenolic OH excluding ortho intramolecular Hbond substituents is 1. The number of hydrogen-bond donors (Lipinski definition) is 6. The van der Waals surface area contributed by atoms with E-state index >= 15 is 0 Å². The quantitative estimate of drug-likeness (QED) is 0.119. The van der Waals surface area contributed by atoms with Gasteiger partial charge in [-0.1, -0.05) is 45.9 Å². The Morgan fingerprint density at radius 1 is 0.925 bits per heavy atom. The van der Waals surface area contributed by atoms with Crippen molar-refractivity contribution in [2.45, 2.75) is 111 Å². The minimum atomic E-state index is -1.97. The number of phenols is 1. The molecule has 7 rings (SSSR count). The van der Waals surface area contributed by atoms with E-state index in [1.807, 2.05) is 11.8 Å². The SMILES string of the molecule is CO[C@H]1/C=C/O[C@@]2(C)Oc3c(C)c(O)c4c(=O)c(c5oc6cc(N7CCC(C)(N(C)C(C)=O)CC7)cc(=O)c6nc5c4c3=C2O)NC(=O)/C(C)=C\C=C\[C@H](C)[C@H](O)[C@@H](C)[C@@H](O)[C@H](C)[C@H](O)[C@H]1C. The first-order valence-corrected chi connectivity index (χ1v) is 22.6. The number of allylic oxidation sites excluding steroid dienone is 2. The van der Waals surface area contributed by atoms with Crippen LogP contribution >= 0.6 is 0 Å². The number of carbonyl (C=O) groups is 2. The Morgan fingerprint density at radius 3 is 2.21 bits per heavy atom. The second kappa shape index (κ2) is 18.2. The van der Waals surface area contributed by atoms with Gasteiger partial charge in [0.25, 0.3) is 5.91 Å². The Hall–Kier alpha value is -6.01. The van der Waals surface area contributed by atoms with Gasteiger partial charge in [-0.05, 0) is 39.7 Å². The van der Waals surface area contributed by atoms with E-state index < -0.39 is 93.4 Å². The number of nitrogens with zero attached hydrogens (tertiary/aromatic N) is 3. The molecule has 17 heteroatoms. The number of nitrogens with one attached hydrogen (secondary N) is 1. The molecule has 6 N–H and O–H groups in total. The summed E-state index contributed by atoms with van der Waals surface area (Å²) in [6, 6.07) is 3.05. The summed E-state index contributed by atoms with van der Waals surface area (Å²) in [5, 5.41) is 60.2. The first-order chi connectivity index (χ1) is 31.5. The molecular formula is C50H62N4O13. The van der Waals surface area contributed by atoms with Crippen molar-refractivity contribution in [3.63, 3.8) is 0 Å². The lowest BCUT2D eigenvalue weighted by Crippen LogP contribution is -2.53. The number of hydrogen-bond acceptors (Lipinski definition) is 15. The predicted octanol–water partition coefficient (Wildman–Crippen LogP) is 4.83. The van der Waals surface area contributed by atoms with Crippen molar-refractivity contribution in [2.75, 3.05) is 37.5 Å². The fraction of sp³-hybridized carbons (Fsp3) is 0.500. The van der Waals surface area contributed by atoms with Crippen molar-refractivity contribution >= 4 is 61.9 Å². The van der Waals surface area contributed by atoms with Gasteiger partial charge in [0.05, 0.1) is 41.3 Å². The topological polar surface area (TPSA) is 242 Å². The molecule has 1 aromatic heterocycles. The summed E-state index contributed by atoms with van der Waals surface area (Å²) in [4.78, 5) is 63.7. The zero-order chi connectivity index (χ0) is 49.2. The predicted molar refractivity (Wildman–Crippen MR) is 254 cm³/mol. The molecule has 3 aliphatic rings. The molecule has 360 valence electrons. The van der Waals surface area contributed by atoms with Crippen molar-refractivity contribution in [1.82, 2.24) is 9.88 Å². The van der Waals surface area contributed by atoms with Gasteiger partial charge in [0.2, 0.25) is 16.8 Å². The molecule has 0 radical (unpaired) electrons. The number of carbonyl (C=O) groups excluding carboxylic acids is 2. The Bertz CT molecular complexity index is 2920. The molecule has 4 bridgehead atoms. The van der Waals surface area contributed by atoms with E-state index in [1.165, 1.54) is 59.3 Å². The standard InChI is InChI=1S/C50H62N4O13/c1-23-13-12-14-24(2)48(63)52-39-44(61)35-34(38-46(39)66-33-22-30(21-31(56)37(33)51-38)54-18-16-49(8,17-19-54)53(10)29(7)55)36-45(28(6)43(35)60)67-50(9,47(36)62)65-20-15-32(64-11)25(3)41(58)27(5)42(59)26(4)40(23)57/h12-15,20-23,25-27,32,40-42,57-60,62H,16-19H2,1-11H3,(H,52,63)/b13-12+,20-15+,24-14-/t23-,25-,26+,27+,32-,40-,41+,42+,50-/m0/s1. The van der Waals surface area contributed by atoms with Crippen molar-refractivity contribution in [2.24, 2.45) is 23.7 Å². The Labute approximate surface area is 387 Å². The largest absolute Gasteiger partial charge is 0.507 e. The van der Waals surface area contributed by atoms with Crippen LogP contribution in [0.2, 0.25) is 0 Å². The van der Waals surface area contributed by atoms with E-state index in [1.54, 1.807) is 57.9 Å². The van der Waals surface area contributed by atoms with Gasteiger partial charge >= 0.3 is 5.79 Å². The molecule has 3 aliphatic heterocycles. The highest BCUT2D eigenvalue weighted by atomic mass is 16.7. The minimum absolute atomic E-state index is 0.00846. The molecule has 3 aromatic carbocycles. The summed E-state index contributed by atoms with van der Waals surface area (Å²) in [5.74, 6) is -6.41. The van der Waals surface area contributed by atoms with E-state index in [0.29, 0.717) is 31.6 Å². The number of anilines is 2. The van der Waals surface area contributed by atoms with E-state index in [4.69, 9.17) is 23.6 Å². The van der Waals surface area contributed by atoms with E-state index in [2.05, 4.69) is 5.32 Å². The molecule has 0 unspecified atom stereocenters. The van der Waals surface area contributed by atoms with Gasteiger partial charge in [-0.15, -0.1) is 0 Å². The number of rotatable bonds is 3. The zero-order valence-electron chi connectivity index (χ0n) is 39.8. The van der Waals surface area contributed by atoms with Gasteiger partial charge < -0.3 is 59.3 Å². The van der Waals surface area contributed by atoms with E-state index in [9.17, 15) is 44.7 Å². The maximum absolute atomic E-state index is 14.9. The molecule has 4 heterocycles. The fourth-order valence-corrected chi connectivity index (χ4v) is 9.63. The molecule has 0 saturated carbocycles. The van der Waals surface area contributed by atoms with Crippen LogP contribution in [0.25, 0.3) is 38.7 Å². The monoisotopic (exact) mass is 926 g/mol. The molecular weight excluding hydrogens is 865 g/mol. The average Bonchev–Trinajstić information content (AvgIpc) is 3.56. The van der Waals surface area contributed by atoms with Crippen molar-refractivity contribution in [3.8, 4) is 11.5 Å². The smallest absolute Gasteiger partial charge is 0.307 e. The summed E-state index contributed by atoms with van der Waals surface area (Å²) in [7, 11) is 3.21. The first-order valence-electron chi connectivity index (χ1n) is 22.6. The van der Waals surface area contributed by atoms with Crippen molar-refractivity contribution in [3.05, 3.63) is 79.5 Å². The lowest BCUT2D eigenvalue weighted by molar-refractivity contribution is -0.133. The maximum atomic E-state index is 14.9. The summed E-state index contributed by atoms with van der Waals surface area (Å²) in [6.45, 7) is 15.8. The van der Waals surface area contributed by atoms with Crippen LogP contribution in [0.15, 0.2) is 62.3 Å². The maximum Gasteiger partial charge on any atom is 0.307 e. The third-order valence-corrected chi connectivity index (χ3v) is 14.6. The lowest BCUT2D eigenvalue weighted by atomic mass is 9.78. The molecule has 1 fully saturated rings. The summed E-state index contributed by atoms with van der Waals surface area (Å²) in [5.41, 5.74) is -2.06. The number of methoxy groups -OCH3 is 1. The van der Waals surface area contributed by atoms with Crippen LogP contribution in [-0.2, 0) is 19.1 Å². The van der Waals surface area contributed by atoms with Gasteiger partial charge in [0.15, 0.2) is 22.4 Å². The highest BCUT2D eigenvalue weighted by Crippen LogP contribution is 2.42. The number of benzene rings is 3. The van der Waals surface area contributed by atoms with Crippen molar-refractivity contribution in [1.29, 1.82) is 0 Å². The number of aliphatic hydroxyl groups excluding tert-OH is 4. The number of aromatic nitrogens is 1. The van der Waals surface area contributed by atoms with Crippen LogP contribution in [0.4, 0.5) is 11.4 Å². The molecule has 17 nitrogen and oxygen atoms in total. The van der Waals surface area contributed by atoms with Gasteiger partial charge in [0, 0.05) is 105 Å². The molecule has 67 heavy (non-hydrogen) atoms. The molecule has 4 aromatic rings. The van der Waals surface area contributed by atoms with Crippen LogP contribution < -0.4 is 31.0 Å². The number of fused-ring (bicyclic) bond motifs is 2. The first kappa shape index (κ1) is 48.9. The summed E-state index contributed by atoms with van der Waals surface area (Å²) < 4.78 is 24.5. The number of piperidine rings is 1. The zero-order valence-corrected chi connectivity index (χ0v) is 39.8. The Balaban J connectivity index is 1.46. The fourth-order valence-electron chi connectivity index (χ4n) is 9.63. The highest BCUT2D eigenvalue weighted by Gasteiger charge is 2.44. The van der Waals surface area contributed by atoms with Crippen LogP contribution in [0, 0.1) is 30.6 Å². The average molecular weight is 927 g/mol. The second-order valence-corrected chi connectivity index (χ2v) is 19.0. The lowest BCUT2D eigenvalue weighted by Gasteiger charge is -2.45. The third kappa shape index (κ3) is 8.51. The highest BCUT2D eigenvalue weighted by molar-refractivity contribution is 6.16. The van der Waals surface area contributed by atoms with Gasteiger partial charge in [0.1, 0.15) is 22.7 Å². The molecule has 9 atom stereocenters. The Kier molecular flexibility index (Phi) is 13.3. The van der Waals surface area contributed by atoms with Gasteiger partial charge in [-0.2, -0.15) is 0 Å². The summed E-state index contributed by atoms with van der Waals surface area (Å²) >= 11 is 0. The number of aromatic hydroxyl groups is 1. The van der Waals surface area contributed by atoms with Gasteiger partial charge in [-0.3, -0.25) is 19.2 Å². The van der Waals surface area contributed by atoms with Crippen LogP contribution in [0.3, 0.4) is 0 Å². The number of amides is 2. The molecule has 0 aliphatic carbocycles. The third-order valence-electron chi connectivity index (χ3n) is 14.6. The normalized spacial score (nSPS) is 30.2. The van der Waals surface area contributed by atoms with Crippen LogP contribution in [0.5, 0.6) is 11.5 Å². The molecule has 0 spiro atoms. The number of ether oxygens (including phenoxy) is 3. The van der Waals surface area contributed by atoms with E-state index in [0.717, 1.165) is 0 Å². The summed E-state index contributed by atoms with van der Waals surface area (Å²) in [6.07, 6.45) is 4.61. The minimum Gasteiger partial charge on any atom is -0.507 e. The van der Waals surface area contributed by atoms with Gasteiger partial charge in [-0.25, -0.2) is 4.98 Å². The van der Waals surface area contributed by atoms with E-state index in [-0.39, 0.29) is 61.0 Å². The Morgan fingerprint density at radius 2 is 1.57 bits per heavy atom. The van der Waals surface area contributed by atoms with Crippen LogP contribution in [-0.4, -0.2) is 110 Å². The molecule has 2 amide bonds. The molecule has 1 saturated heterocycles.